The van der Waals surface area contributed by atoms with Gasteiger partial charge < -0.3 is 10.8 Å². The van der Waals surface area contributed by atoms with E-state index in [0.717, 1.165) is 5.39 Å². The highest BCUT2D eigenvalue weighted by Crippen LogP contribution is 2.36. The van der Waals surface area contributed by atoms with Crippen molar-refractivity contribution in [2.75, 3.05) is 5.73 Å². The lowest BCUT2D eigenvalue weighted by Crippen LogP contribution is -1.85. The summed E-state index contributed by atoms with van der Waals surface area (Å²) < 4.78 is 0. The zero-order chi connectivity index (χ0) is 16.4. The average Bonchev–Trinajstić information content (AvgIpc) is 2.54. The van der Waals surface area contributed by atoms with E-state index in [0.29, 0.717) is 22.4 Å². The molecule has 0 fully saturated rings. The van der Waals surface area contributed by atoms with Crippen LogP contribution in [0.3, 0.4) is 0 Å². The third-order valence-electron chi connectivity index (χ3n) is 3.33. The molecule has 0 heterocycles. The van der Waals surface area contributed by atoms with Crippen LogP contribution >= 0.6 is 0 Å². The van der Waals surface area contributed by atoms with Crippen LogP contribution < -0.4 is 5.73 Å². The van der Waals surface area contributed by atoms with E-state index in [4.69, 9.17) is 5.73 Å². The smallest absolute Gasteiger partial charge is 0.269 e. The number of nitro benzene ring substituents is 1. The van der Waals surface area contributed by atoms with Crippen LogP contribution in [0, 0.1) is 10.1 Å². The Balaban J connectivity index is 1.93. The van der Waals surface area contributed by atoms with Gasteiger partial charge in [0.15, 0.2) is 5.75 Å². The number of phenols is 1. The molecule has 23 heavy (non-hydrogen) atoms. The number of rotatable bonds is 3. The fraction of sp³-hybridized carbons (Fsp3) is 0. The van der Waals surface area contributed by atoms with Crippen molar-refractivity contribution in [2.45, 2.75) is 0 Å². The van der Waals surface area contributed by atoms with Crippen LogP contribution in [0.5, 0.6) is 5.75 Å². The van der Waals surface area contributed by atoms with Crippen molar-refractivity contribution in [3.63, 3.8) is 0 Å². The van der Waals surface area contributed by atoms with Crippen molar-refractivity contribution >= 4 is 33.5 Å². The van der Waals surface area contributed by atoms with Crippen LogP contribution in [0.4, 0.5) is 22.7 Å². The Hall–Kier alpha value is -3.48. The van der Waals surface area contributed by atoms with E-state index in [9.17, 15) is 15.2 Å². The zero-order valence-corrected chi connectivity index (χ0v) is 11.9. The normalized spacial score (nSPS) is 11.1. The second-order valence-corrected chi connectivity index (χ2v) is 4.89. The molecule has 3 N–H and O–H groups in total. The van der Waals surface area contributed by atoms with Gasteiger partial charge in [-0.2, -0.15) is 5.11 Å². The Labute approximate surface area is 130 Å². The van der Waals surface area contributed by atoms with Crippen LogP contribution in [-0.4, -0.2) is 10.0 Å². The molecule has 0 aromatic heterocycles. The van der Waals surface area contributed by atoms with E-state index < -0.39 is 4.92 Å². The number of nitrogens with two attached hydrogens (primary N) is 1. The topological polar surface area (TPSA) is 114 Å². The van der Waals surface area contributed by atoms with Gasteiger partial charge in [0, 0.05) is 23.2 Å². The van der Waals surface area contributed by atoms with Gasteiger partial charge in [-0.15, -0.1) is 5.11 Å². The Morgan fingerprint density at radius 1 is 1.00 bits per heavy atom. The first-order chi connectivity index (χ1) is 11.0. The predicted octanol–water partition coefficient (Wildman–Crippen LogP) is 4.45. The molecule has 0 atom stereocenters. The molecule has 3 rings (SSSR count). The monoisotopic (exact) mass is 308 g/mol. The Kier molecular flexibility index (Phi) is 3.60. The van der Waals surface area contributed by atoms with Gasteiger partial charge in [-0.05, 0) is 41.8 Å². The lowest BCUT2D eigenvalue weighted by molar-refractivity contribution is -0.384. The number of nitrogen functional groups attached to an aromatic ring is 1. The van der Waals surface area contributed by atoms with Gasteiger partial charge in [-0.25, -0.2) is 0 Å². The van der Waals surface area contributed by atoms with Gasteiger partial charge in [0.05, 0.1) is 10.6 Å². The maximum absolute atomic E-state index is 10.6. The predicted molar refractivity (Wildman–Crippen MR) is 87.3 cm³/mol. The fourth-order valence-corrected chi connectivity index (χ4v) is 2.15. The number of benzene rings is 3. The number of aromatic hydroxyl groups is 1. The molecule has 7 nitrogen and oxygen atoms in total. The molecule has 7 heteroatoms. The molecule has 0 amide bonds. The summed E-state index contributed by atoms with van der Waals surface area (Å²) in [6, 6.07) is 14.2. The second kappa shape index (κ2) is 5.72. The molecule has 0 aliphatic rings. The molecule has 3 aromatic rings. The summed E-state index contributed by atoms with van der Waals surface area (Å²) in [6.45, 7) is 0. The third kappa shape index (κ3) is 2.93. The number of hydrogen-bond donors (Lipinski definition) is 2. The number of anilines is 1. The number of non-ortho nitro benzene ring substituents is 1. The first kappa shape index (κ1) is 14.5. The van der Waals surface area contributed by atoms with Crippen LogP contribution in [-0.2, 0) is 0 Å². The SMILES string of the molecule is Nc1ccc2c(O)c(N=Nc3ccc([N+](=O)[O-])cc3)ccc2c1. The van der Waals surface area contributed by atoms with Gasteiger partial charge in [-0.1, -0.05) is 6.07 Å². The Bertz CT molecular complexity index is 921. The van der Waals surface area contributed by atoms with Crippen LogP contribution in [0.15, 0.2) is 64.8 Å². The molecule has 0 aliphatic heterocycles. The highest BCUT2D eigenvalue weighted by Gasteiger charge is 2.07. The number of nitro groups is 1. The molecule has 0 bridgehead atoms. The van der Waals surface area contributed by atoms with Crippen LogP contribution in [0.25, 0.3) is 10.8 Å². The minimum atomic E-state index is -0.484. The molecule has 0 spiro atoms. The lowest BCUT2D eigenvalue weighted by Gasteiger charge is -2.04. The van der Waals surface area contributed by atoms with Crippen molar-refractivity contribution < 1.29 is 10.0 Å². The van der Waals surface area contributed by atoms with Gasteiger partial charge in [0.25, 0.3) is 5.69 Å². The molecule has 3 aromatic carbocycles. The highest BCUT2D eigenvalue weighted by molar-refractivity contribution is 5.94. The van der Waals surface area contributed by atoms with Crippen LogP contribution in [0.1, 0.15) is 0 Å². The minimum Gasteiger partial charge on any atom is -0.505 e. The van der Waals surface area contributed by atoms with Gasteiger partial charge in [-0.3, -0.25) is 10.1 Å². The molecule has 114 valence electrons. The van der Waals surface area contributed by atoms with Crippen molar-refractivity contribution in [1.82, 2.24) is 0 Å². The van der Waals surface area contributed by atoms with Gasteiger partial charge in [0.1, 0.15) is 5.69 Å². The van der Waals surface area contributed by atoms with E-state index in [1.807, 2.05) is 0 Å². The van der Waals surface area contributed by atoms with E-state index in [-0.39, 0.29) is 11.4 Å². The van der Waals surface area contributed by atoms with Crippen molar-refractivity contribution in [2.24, 2.45) is 10.2 Å². The number of phenolic OH excluding ortho intramolecular Hbond substituents is 1. The summed E-state index contributed by atoms with van der Waals surface area (Å²) in [7, 11) is 0. The summed E-state index contributed by atoms with van der Waals surface area (Å²) in [6.07, 6.45) is 0. The standard InChI is InChI=1S/C16H12N4O3/c17-11-2-7-14-10(9-11)1-8-15(16(14)21)19-18-12-3-5-13(6-4-12)20(22)23/h1-9,21H,17H2. The van der Waals surface area contributed by atoms with Crippen molar-refractivity contribution in [1.29, 1.82) is 0 Å². The highest BCUT2D eigenvalue weighted by atomic mass is 16.6. The maximum atomic E-state index is 10.6. The van der Waals surface area contributed by atoms with Gasteiger partial charge in [0.2, 0.25) is 0 Å². The summed E-state index contributed by atoms with van der Waals surface area (Å²) in [5.74, 6) is 0.00756. The Morgan fingerprint density at radius 2 is 1.74 bits per heavy atom. The molecule has 0 unspecified atom stereocenters. The summed E-state index contributed by atoms with van der Waals surface area (Å²) >= 11 is 0. The number of azo groups is 1. The van der Waals surface area contributed by atoms with Crippen LogP contribution in [0.2, 0.25) is 0 Å². The summed E-state index contributed by atoms with van der Waals surface area (Å²) in [5.41, 5.74) is 7.06. The van der Waals surface area contributed by atoms with Crippen molar-refractivity contribution in [3.8, 4) is 5.75 Å². The number of nitrogens with zero attached hydrogens (tertiary/aromatic N) is 3. The first-order valence-electron chi connectivity index (χ1n) is 6.72. The zero-order valence-electron chi connectivity index (χ0n) is 11.9. The lowest BCUT2D eigenvalue weighted by atomic mass is 10.1. The quantitative estimate of drug-likeness (QED) is 0.322. The van der Waals surface area contributed by atoms with Crippen molar-refractivity contribution in [3.05, 3.63) is 64.7 Å². The largest absolute Gasteiger partial charge is 0.505 e. The minimum absolute atomic E-state index is 0.00756. The van der Waals surface area contributed by atoms with E-state index >= 15 is 0 Å². The fourth-order valence-electron chi connectivity index (χ4n) is 2.15. The third-order valence-corrected chi connectivity index (χ3v) is 3.33. The average molecular weight is 308 g/mol. The Morgan fingerprint density at radius 3 is 2.43 bits per heavy atom. The molecule has 0 saturated heterocycles. The van der Waals surface area contributed by atoms with Gasteiger partial charge >= 0.3 is 0 Å². The summed E-state index contributed by atoms with van der Waals surface area (Å²) in [4.78, 5) is 10.1. The van der Waals surface area contributed by atoms with E-state index in [1.54, 1.807) is 30.3 Å². The molecule has 0 radical (unpaired) electrons. The summed E-state index contributed by atoms with van der Waals surface area (Å²) in [5, 5.41) is 30.2. The molecular formula is C16H12N4O3. The first-order valence-corrected chi connectivity index (χ1v) is 6.72. The van der Waals surface area contributed by atoms with E-state index in [2.05, 4.69) is 10.2 Å². The molecule has 0 saturated carbocycles. The molecule has 0 aliphatic carbocycles. The molecular weight excluding hydrogens is 296 g/mol. The maximum Gasteiger partial charge on any atom is 0.269 e. The number of hydrogen-bond acceptors (Lipinski definition) is 6. The van der Waals surface area contributed by atoms with E-state index in [1.165, 1.54) is 24.3 Å². The number of fused-ring (bicyclic) bond motifs is 1. The second-order valence-electron chi connectivity index (χ2n) is 4.89.